The lowest BCUT2D eigenvalue weighted by atomic mass is 9.97. The number of aromatic nitrogens is 1. The van der Waals surface area contributed by atoms with Crippen LogP contribution in [0, 0.1) is 0 Å². The third kappa shape index (κ3) is 4.94. The van der Waals surface area contributed by atoms with E-state index in [-0.39, 0.29) is 12.1 Å². The Kier molecular flexibility index (Phi) is 6.03. The van der Waals surface area contributed by atoms with E-state index in [2.05, 4.69) is 4.98 Å². The van der Waals surface area contributed by atoms with Gasteiger partial charge in [-0.3, -0.25) is 9.69 Å². The minimum Gasteiger partial charge on any atom is -0.443 e. The minimum atomic E-state index is -0.559. The van der Waals surface area contributed by atoms with Crippen molar-refractivity contribution in [1.82, 2.24) is 9.88 Å². The summed E-state index contributed by atoms with van der Waals surface area (Å²) in [6.45, 7) is 10.2. The first-order valence-electron chi connectivity index (χ1n) is 8.92. The number of rotatable bonds is 4. The molecule has 6 heteroatoms. The van der Waals surface area contributed by atoms with E-state index >= 15 is 0 Å². The summed E-state index contributed by atoms with van der Waals surface area (Å²) in [5, 5.41) is 0. The Bertz CT molecular complexity index is 593. The molecule has 2 rings (SSSR count). The maximum atomic E-state index is 12.5. The number of nitrogens with zero attached hydrogens (tertiary/aromatic N) is 3. The Morgan fingerprint density at radius 3 is 2.60 bits per heavy atom. The van der Waals surface area contributed by atoms with Crippen LogP contribution in [0.4, 0.5) is 10.6 Å². The molecule has 1 fully saturated rings. The van der Waals surface area contributed by atoms with E-state index in [1.165, 1.54) is 0 Å². The van der Waals surface area contributed by atoms with E-state index in [1.807, 2.05) is 51.7 Å². The standard InChI is InChI=1S/C19H29N3O3/c1-14(2)22(18(24)25-19(3,4)5)17-10-9-15(12-20-17)16-8-6-7-11-21(16)13-23/h9-10,12-14,16H,6-8,11H2,1-5H3. The van der Waals surface area contributed by atoms with Gasteiger partial charge in [-0.1, -0.05) is 6.07 Å². The Hall–Kier alpha value is -2.11. The van der Waals surface area contributed by atoms with E-state index in [0.717, 1.165) is 37.8 Å². The number of anilines is 1. The normalized spacial score (nSPS) is 18.2. The Balaban J connectivity index is 2.20. The molecule has 1 aromatic rings. The van der Waals surface area contributed by atoms with E-state index in [4.69, 9.17) is 4.74 Å². The molecule has 1 atom stereocenters. The summed E-state index contributed by atoms with van der Waals surface area (Å²) in [6.07, 6.45) is 5.36. The lowest BCUT2D eigenvalue weighted by molar-refractivity contribution is -0.121. The van der Waals surface area contributed by atoms with Crippen molar-refractivity contribution >= 4 is 18.3 Å². The molecule has 2 heterocycles. The van der Waals surface area contributed by atoms with Gasteiger partial charge in [0.2, 0.25) is 6.41 Å². The average molecular weight is 347 g/mol. The number of carbonyl (C=O) groups excluding carboxylic acids is 2. The monoisotopic (exact) mass is 347 g/mol. The molecule has 0 aliphatic carbocycles. The van der Waals surface area contributed by atoms with E-state index in [1.54, 1.807) is 11.1 Å². The van der Waals surface area contributed by atoms with Crippen LogP contribution in [0.3, 0.4) is 0 Å². The number of piperidine rings is 1. The number of carbonyl (C=O) groups is 2. The molecule has 1 aliphatic heterocycles. The van der Waals surface area contributed by atoms with Crippen LogP contribution in [-0.4, -0.2) is 40.6 Å². The molecule has 0 spiro atoms. The number of pyridine rings is 1. The molecule has 6 nitrogen and oxygen atoms in total. The van der Waals surface area contributed by atoms with Gasteiger partial charge in [0.1, 0.15) is 11.4 Å². The molecule has 1 unspecified atom stereocenters. The maximum Gasteiger partial charge on any atom is 0.416 e. The molecule has 1 saturated heterocycles. The zero-order valence-corrected chi connectivity index (χ0v) is 15.9. The van der Waals surface area contributed by atoms with Crippen LogP contribution < -0.4 is 4.90 Å². The number of hydrogen-bond acceptors (Lipinski definition) is 4. The second-order valence-corrected chi connectivity index (χ2v) is 7.75. The molecule has 1 aromatic heterocycles. The van der Waals surface area contributed by atoms with Gasteiger partial charge >= 0.3 is 6.09 Å². The van der Waals surface area contributed by atoms with Gasteiger partial charge < -0.3 is 9.64 Å². The molecule has 0 radical (unpaired) electrons. The fourth-order valence-electron chi connectivity index (χ4n) is 3.06. The molecule has 0 aromatic carbocycles. The molecule has 0 saturated carbocycles. The van der Waals surface area contributed by atoms with Crippen LogP contribution >= 0.6 is 0 Å². The van der Waals surface area contributed by atoms with Crippen LogP contribution in [-0.2, 0) is 9.53 Å². The van der Waals surface area contributed by atoms with Gasteiger partial charge in [-0.2, -0.15) is 0 Å². The molecule has 2 amide bonds. The van der Waals surface area contributed by atoms with Crippen molar-refractivity contribution in [3.63, 3.8) is 0 Å². The molecular weight excluding hydrogens is 318 g/mol. The highest BCUT2D eigenvalue weighted by molar-refractivity contribution is 5.87. The van der Waals surface area contributed by atoms with Crippen molar-refractivity contribution in [3.05, 3.63) is 23.9 Å². The summed E-state index contributed by atoms with van der Waals surface area (Å²) in [5.41, 5.74) is 0.444. The van der Waals surface area contributed by atoms with Gasteiger partial charge in [0.05, 0.1) is 6.04 Å². The minimum absolute atomic E-state index is 0.0711. The van der Waals surface area contributed by atoms with Crippen LogP contribution in [0.5, 0.6) is 0 Å². The molecule has 0 bridgehead atoms. The van der Waals surface area contributed by atoms with Crippen LogP contribution in [0.25, 0.3) is 0 Å². The smallest absolute Gasteiger partial charge is 0.416 e. The lowest BCUT2D eigenvalue weighted by Gasteiger charge is -2.33. The van der Waals surface area contributed by atoms with Crippen molar-refractivity contribution in [2.45, 2.75) is 71.6 Å². The Morgan fingerprint density at radius 2 is 2.08 bits per heavy atom. The number of likely N-dealkylation sites (tertiary alicyclic amines) is 1. The first-order valence-corrected chi connectivity index (χ1v) is 8.92. The summed E-state index contributed by atoms with van der Waals surface area (Å²) in [6, 6.07) is 3.78. The fraction of sp³-hybridized carbons (Fsp3) is 0.632. The zero-order valence-electron chi connectivity index (χ0n) is 15.9. The number of ether oxygens (including phenoxy) is 1. The predicted molar refractivity (Wildman–Crippen MR) is 97.4 cm³/mol. The summed E-state index contributed by atoms with van der Waals surface area (Å²) >= 11 is 0. The lowest BCUT2D eigenvalue weighted by Crippen LogP contribution is -2.41. The maximum absolute atomic E-state index is 12.5. The Morgan fingerprint density at radius 1 is 1.36 bits per heavy atom. The third-order valence-electron chi connectivity index (χ3n) is 4.19. The number of amides is 2. The predicted octanol–water partition coefficient (Wildman–Crippen LogP) is 3.91. The van der Waals surface area contributed by atoms with Crippen molar-refractivity contribution < 1.29 is 14.3 Å². The second-order valence-electron chi connectivity index (χ2n) is 7.75. The van der Waals surface area contributed by atoms with Gasteiger partial charge in [-0.25, -0.2) is 9.78 Å². The topological polar surface area (TPSA) is 62.7 Å². The molecule has 138 valence electrons. The molecule has 0 N–H and O–H groups in total. The van der Waals surface area contributed by atoms with Crippen molar-refractivity contribution in [2.75, 3.05) is 11.4 Å². The fourth-order valence-corrected chi connectivity index (χ4v) is 3.06. The van der Waals surface area contributed by atoms with Gasteiger partial charge in [0.15, 0.2) is 0 Å². The van der Waals surface area contributed by atoms with Crippen LogP contribution in [0.2, 0.25) is 0 Å². The largest absolute Gasteiger partial charge is 0.443 e. The summed E-state index contributed by atoms with van der Waals surface area (Å²) in [5.74, 6) is 0.557. The van der Waals surface area contributed by atoms with E-state index in [0.29, 0.717) is 5.82 Å². The first kappa shape index (κ1) is 19.2. The quantitative estimate of drug-likeness (QED) is 0.775. The Labute approximate surface area is 150 Å². The van der Waals surface area contributed by atoms with Crippen molar-refractivity contribution in [3.8, 4) is 0 Å². The summed E-state index contributed by atoms with van der Waals surface area (Å²) < 4.78 is 5.49. The molecule has 25 heavy (non-hydrogen) atoms. The molecule has 1 aliphatic rings. The summed E-state index contributed by atoms with van der Waals surface area (Å²) in [4.78, 5) is 31.6. The highest BCUT2D eigenvalue weighted by Crippen LogP contribution is 2.30. The van der Waals surface area contributed by atoms with Gasteiger partial charge in [-0.05, 0) is 65.5 Å². The molecular formula is C19H29N3O3. The van der Waals surface area contributed by atoms with E-state index < -0.39 is 11.7 Å². The van der Waals surface area contributed by atoms with Crippen molar-refractivity contribution in [2.24, 2.45) is 0 Å². The number of hydrogen-bond donors (Lipinski definition) is 0. The average Bonchev–Trinajstić information content (AvgIpc) is 2.53. The zero-order chi connectivity index (χ0) is 18.6. The first-order chi connectivity index (χ1) is 11.7. The highest BCUT2D eigenvalue weighted by Gasteiger charge is 2.27. The second kappa shape index (κ2) is 7.85. The SMILES string of the molecule is CC(C)N(C(=O)OC(C)(C)C)c1ccc(C2CCCCN2C=O)cn1. The summed E-state index contributed by atoms with van der Waals surface area (Å²) in [7, 11) is 0. The van der Waals surface area contributed by atoms with Crippen LogP contribution in [0.15, 0.2) is 18.3 Å². The van der Waals surface area contributed by atoms with Gasteiger partial charge in [0, 0.05) is 18.8 Å². The van der Waals surface area contributed by atoms with Crippen molar-refractivity contribution in [1.29, 1.82) is 0 Å². The van der Waals surface area contributed by atoms with Gasteiger partial charge in [-0.15, -0.1) is 0 Å². The van der Waals surface area contributed by atoms with E-state index in [9.17, 15) is 9.59 Å². The highest BCUT2D eigenvalue weighted by atomic mass is 16.6. The van der Waals surface area contributed by atoms with Gasteiger partial charge in [0.25, 0.3) is 0 Å². The van der Waals surface area contributed by atoms with Crippen LogP contribution in [0.1, 0.15) is 65.5 Å². The third-order valence-corrected chi connectivity index (χ3v) is 4.19.